The summed E-state index contributed by atoms with van der Waals surface area (Å²) >= 11 is 3.53. The summed E-state index contributed by atoms with van der Waals surface area (Å²) in [7, 11) is -5.02. The minimum atomic E-state index is -5.02. The Bertz CT molecular complexity index is 1660. The van der Waals surface area contributed by atoms with Gasteiger partial charge < -0.3 is 4.74 Å². The molecule has 1 saturated heterocycles. The quantitative estimate of drug-likeness (QED) is 0.185. The highest BCUT2D eigenvalue weighted by Crippen LogP contribution is 2.47. The van der Waals surface area contributed by atoms with Crippen LogP contribution in [0.25, 0.3) is 0 Å². The van der Waals surface area contributed by atoms with Crippen molar-refractivity contribution in [1.29, 1.82) is 0 Å². The number of rotatable bonds is 10. The number of fused-ring (bicyclic) bond motifs is 1. The zero-order chi connectivity index (χ0) is 30.7. The molecule has 2 aliphatic rings. The van der Waals surface area contributed by atoms with Crippen molar-refractivity contribution in [3.8, 4) is 5.75 Å². The van der Waals surface area contributed by atoms with Crippen LogP contribution in [0.1, 0.15) is 41.4 Å². The van der Waals surface area contributed by atoms with Gasteiger partial charge in [0.05, 0.1) is 22.5 Å². The molecule has 1 fully saturated rings. The summed E-state index contributed by atoms with van der Waals surface area (Å²) in [6.07, 6.45) is 5.43. The van der Waals surface area contributed by atoms with E-state index in [0.717, 1.165) is 49.4 Å². The van der Waals surface area contributed by atoms with Gasteiger partial charge in [-0.1, -0.05) is 48.5 Å². The molecule has 1 atom stereocenters. The van der Waals surface area contributed by atoms with Crippen LogP contribution >= 0.6 is 15.9 Å². The minimum Gasteiger partial charge on any atom is -0.492 e. The van der Waals surface area contributed by atoms with E-state index in [9.17, 15) is 8.42 Å². The topological polar surface area (TPSA) is 75.6 Å². The number of alkyl halides is 2. The number of ether oxygens (including phenoxy) is 1. The lowest BCUT2D eigenvalue weighted by Gasteiger charge is -2.34. The fourth-order valence-corrected chi connectivity index (χ4v) is 7.92. The van der Waals surface area contributed by atoms with Gasteiger partial charge in [0, 0.05) is 25.5 Å². The standard InChI is InChI=1S/C33H33BrF2N4O3S/c34-29-19-25(11-12-30(29)43-23-24-13-17-39(18-14-24)22-31-37-15-6-16-38-31)32(40-20-26-7-4-5-8-27(26)21-40)33(35,36)44(41,42)28-9-2-1-3-10-28/h1-12,15-16,19,24,32H,13-14,17-18,20-23H2. The molecular weight excluding hydrogens is 650 g/mol. The van der Waals surface area contributed by atoms with Gasteiger partial charge in [0.25, 0.3) is 0 Å². The third-order valence-corrected chi connectivity index (χ3v) is 10.9. The zero-order valence-electron chi connectivity index (χ0n) is 24.0. The third kappa shape index (κ3) is 6.42. The second-order valence-corrected chi connectivity index (χ2v) is 14.2. The van der Waals surface area contributed by atoms with Crippen LogP contribution < -0.4 is 4.74 Å². The number of hydrogen-bond donors (Lipinski definition) is 0. The number of hydrogen-bond acceptors (Lipinski definition) is 7. The van der Waals surface area contributed by atoms with E-state index >= 15 is 8.78 Å². The van der Waals surface area contributed by atoms with E-state index in [1.165, 1.54) is 24.3 Å². The van der Waals surface area contributed by atoms with Crippen LogP contribution in [0.2, 0.25) is 0 Å². The molecule has 0 amide bonds. The molecule has 7 nitrogen and oxygen atoms in total. The Morgan fingerprint density at radius 3 is 2.18 bits per heavy atom. The summed E-state index contributed by atoms with van der Waals surface area (Å²) < 4.78 is 66.3. The second-order valence-electron chi connectivity index (χ2n) is 11.3. The van der Waals surface area contributed by atoms with E-state index in [-0.39, 0.29) is 18.7 Å². The molecule has 2 aliphatic heterocycles. The molecule has 0 radical (unpaired) electrons. The predicted octanol–water partition coefficient (Wildman–Crippen LogP) is 6.65. The normalized spacial score (nSPS) is 17.3. The third-order valence-electron chi connectivity index (χ3n) is 8.40. The van der Waals surface area contributed by atoms with Crippen LogP contribution in [0.4, 0.5) is 8.78 Å². The Hall–Kier alpha value is -3.25. The van der Waals surface area contributed by atoms with Gasteiger partial charge in [0.2, 0.25) is 9.84 Å². The lowest BCUT2D eigenvalue weighted by Crippen LogP contribution is -2.43. The number of benzene rings is 3. The van der Waals surface area contributed by atoms with Gasteiger partial charge in [-0.15, -0.1) is 0 Å². The van der Waals surface area contributed by atoms with E-state index < -0.39 is 26.0 Å². The van der Waals surface area contributed by atoms with Crippen molar-refractivity contribution < 1.29 is 21.9 Å². The Balaban J connectivity index is 1.18. The first-order valence-corrected chi connectivity index (χ1v) is 16.9. The molecule has 0 N–H and O–H groups in total. The van der Waals surface area contributed by atoms with Gasteiger partial charge >= 0.3 is 5.25 Å². The summed E-state index contributed by atoms with van der Waals surface area (Å²) in [5, 5.41) is -4.11. The number of likely N-dealkylation sites (tertiary alicyclic amines) is 1. The molecule has 3 heterocycles. The first-order valence-electron chi connectivity index (χ1n) is 14.6. The zero-order valence-corrected chi connectivity index (χ0v) is 26.4. The summed E-state index contributed by atoms with van der Waals surface area (Å²) in [6, 6.07) is 19.3. The molecule has 0 saturated carbocycles. The van der Waals surface area contributed by atoms with E-state index in [0.29, 0.717) is 22.7 Å². The monoisotopic (exact) mass is 682 g/mol. The van der Waals surface area contributed by atoms with Crippen molar-refractivity contribution in [3.05, 3.63) is 118 Å². The van der Waals surface area contributed by atoms with Crippen LogP contribution in [-0.2, 0) is 29.5 Å². The van der Waals surface area contributed by atoms with Crippen LogP contribution in [-0.4, -0.2) is 53.1 Å². The highest BCUT2D eigenvalue weighted by Gasteiger charge is 2.56. The molecule has 4 aromatic rings. The first kappa shape index (κ1) is 30.8. The Labute approximate surface area is 265 Å². The Morgan fingerprint density at radius 1 is 0.909 bits per heavy atom. The lowest BCUT2D eigenvalue weighted by molar-refractivity contribution is -0.0174. The maximum atomic E-state index is 16.4. The molecule has 0 bridgehead atoms. The smallest absolute Gasteiger partial charge is 0.369 e. The fourth-order valence-electron chi connectivity index (χ4n) is 6.00. The van der Waals surface area contributed by atoms with Crippen molar-refractivity contribution in [2.75, 3.05) is 19.7 Å². The van der Waals surface area contributed by atoms with Crippen molar-refractivity contribution in [2.45, 2.75) is 48.7 Å². The molecule has 11 heteroatoms. The number of nitrogens with zero attached hydrogens (tertiary/aromatic N) is 4. The number of piperidine rings is 1. The number of aromatic nitrogens is 2. The average Bonchev–Trinajstić information content (AvgIpc) is 3.45. The fraction of sp³-hybridized carbons (Fsp3) is 0.333. The van der Waals surface area contributed by atoms with E-state index in [1.54, 1.807) is 41.6 Å². The van der Waals surface area contributed by atoms with Gasteiger partial charge in [-0.2, -0.15) is 8.78 Å². The van der Waals surface area contributed by atoms with Crippen molar-refractivity contribution in [1.82, 2.24) is 19.8 Å². The van der Waals surface area contributed by atoms with Crippen LogP contribution in [0, 0.1) is 5.92 Å². The molecule has 1 aromatic heterocycles. The number of sulfone groups is 1. The van der Waals surface area contributed by atoms with Crippen LogP contribution in [0.3, 0.4) is 0 Å². The minimum absolute atomic E-state index is 0.193. The second kappa shape index (κ2) is 13.0. The van der Waals surface area contributed by atoms with E-state index in [2.05, 4.69) is 30.8 Å². The molecule has 230 valence electrons. The molecule has 0 spiro atoms. The van der Waals surface area contributed by atoms with Crippen molar-refractivity contribution in [3.63, 3.8) is 0 Å². The Morgan fingerprint density at radius 2 is 1.55 bits per heavy atom. The van der Waals surface area contributed by atoms with Gasteiger partial charge in [0.1, 0.15) is 17.6 Å². The number of halogens is 3. The summed E-state index contributed by atoms with van der Waals surface area (Å²) in [5.41, 5.74) is 2.01. The van der Waals surface area contributed by atoms with Gasteiger partial charge in [-0.3, -0.25) is 9.80 Å². The summed E-state index contributed by atoms with van der Waals surface area (Å²) in [6.45, 7) is 3.47. The molecule has 0 aliphatic carbocycles. The maximum Gasteiger partial charge on any atom is 0.369 e. The Kier molecular flexibility index (Phi) is 9.09. The summed E-state index contributed by atoms with van der Waals surface area (Å²) in [5.74, 6) is 1.70. The van der Waals surface area contributed by atoms with E-state index in [4.69, 9.17) is 4.74 Å². The van der Waals surface area contributed by atoms with Gasteiger partial charge in [-0.25, -0.2) is 18.4 Å². The highest BCUT2D eigenvalue weighted by atomic mass is 79.9. The lowest BCUT2D eigenvalue weighted by atomic mass is 9.98. The predicted molar refractivity (Wildman–Crippen MR) is 167 cm³/mol. The van der Waals surface area contributed by atoms with Crippen LogP contribution in [0.5, 0.6) is 5.75 Å². The van der Waals surface area contributed by atoms with E-state index in [1.807, 2.05) is 30.3 Å². The van der Waals surface area contributed by atoms with Gasteiger partial charge in [0.15, 0.2) is 0 Å². The van der Waals surface area contributed by atoms with Crippen LogP contribution in [0.15, 0.2) is 101 Å². The maximum absolute atomic E-state index is 16.4. The highest BCUT2D eigenvalue weighted by molar-refractivity contribution is 9.10. The molecule has 1 unspecified atom stereocenters. The summed E-state index contributed by atoms with van der Waals surface area (Å²) in [4.78, 5) is 12.1. The molecular formula is C33H33BrF2N4O3S. The van der Waals surface area contributed by atoms with Crippen molar-refractivity contribution >= 4 is 25.8 Å². The largest absolute Gasteiger partial charge is 0.492 e. The first-order chi connectivity index (χ1) is 21.2. The van der Waals surface area contributed by atoms with Gasteiger partial charge in [-0.05, 0) is 94.8 Å². The molecule has 3 aromatic carbocycles. The molecule has 44 heavy (non-hydrogen) atoms. The molecule has 6 rings (SSSR count). The SMILES string of the molecule is O=S(=O)(c1ccccc1)C(F)(F)C(c1ccc(OCC2CCN(Cc3ncccn3)CC2)c(Br)c1)N1Cc2ccccc2C1. The van der Waals surface area contributed by atoms with Crippen molar-refractivity contribution in [2.24, 2.45) is 5.92 Å². The average molecular weight is 684 g/mol.